The number of β-amino-alcohol motifs (C(OH)–C–C–N with tert-alkyl or cyclic N) is 1. The summed E-state index contributed by atoms with van der Waals surface area (Å²) in [5.41, 5.74) is 6.05. The van der Waals surface area contributed by atoms with Crippen molar-refractivity contribution in [2.45, 2.75) is 26.0 Å². The molecule has 4 heterocycles. The van der Waals surface area contributed by atoms with E-state index >= 15 is 0 Å². The number of hydrogen-bond acceptors (Lipinski definition) is 7. The molecule has 1 aliphatic rings. The number of nitriles is 1. The summed E-state index contributed by atoms with van der Waals surface area (Å²) in [6, 6.07) is 14.6. The van der Waals surface area contributed by atoms with Crippen LogP contribution in [0.5, 0.6) is 0 Å². The molecule has 9 nitrogen and oxygen atoms in total. The van der Waals surface area contributed by atoms with E-state index in [-0.39, 0.29) is 17.6 Å². The van der Waals surface area contributed by atoms with Crippen molar-refractivity contribution >= 4 is 11.6 Å². The molecular formula is C26H25N7O2. The summed E-state index contributed by atoms with van der Waals surface area (Å²) in [7, 11) is 1.90. The molecule has 0 spiro atoms. The number of aryl methyl sites for hydroxylation is 2. The minimum absolute atomic E-state index is 0.236. The fourth-order valence-electron chi connectivity index (χ4n) is 4.60. The van der Waals surface area contributed by atoms with Crippen LogP contribution in [0, 0.1) is 25.2 Å². The molecule has 5 rings (SSSR count). The van der Waals surface area contributed by atoms with Gasteiger partial charge in [0.1, 0.15) is 11.4 Å². The molecule has 1 amide bonds. The number of pyridine rings is 1. The van der Waals surface area contributed by atoms with E-state index in [9.17, 15) is 15.2 Å². The first-order chi connectivity index (χ1) is 16.8. The van der Waals surface area contributed by atoms with E-state index in [1.165, 1.54) is 0 Å². The molecule has 9 heteroatoms. The van der Waals surface area contributed by atoms with Crippen molar-refractivity contribution in [3.63, 3.8) is 0 Å². The second-order valence-electron chi connectivity index (χ2n) is 9.00. The van der Waals surface area contributed by atoms with Crippen molar-refractivity contribution < 1.29 is 9.90 Å². The fraction of sp³-hybridized carbons (Fsp3) is 0.269. The van der Waals surface area contributed by atoms with Crippen LogP contribution in [0.2, 0.25) is 0 Å². The summed E-state index contributed by atoms with van der Waals surface area (Å²) in [6.07, 6.45) is 1.08. The van der Waals surface area contributed by atoms with E-state index in [1.54, 1.807) is 28.9 Å². The number of nitrogens with zero attached hydrogens (tertiary/aromatic N) is 6. The number of benzene rings is 1. The Bertz CT molecular complexity index is 1470. The number of aromatic nitrogens is 4. The molecule has 3 aromatic heterocycles. The van der Waals surface area contributed by atoms with Crippen LogP contribution < -0.4 is 5.32 Å². The highest BCUT2D eigenvalue weighted by Crippen LogP contribution is 2.35. The minimum atomic E-state index is -0.625. The van der Waals surface area contributed by atoms with E-state index in [4.69, 9.17) is 10.1 Å². The summed E-state index contributed by atoms with van der Waals surface area (Å²) in [5, 5.41) is 27.3. The molecule has 0 radical (unpaired) electrons. The number of carbonyl (C=O) groups is 1. The van der Waals surface area contributed by atoms with Gasteiger partial charge in [-0.1, -0.05) is 12.1 Å². The minimum Gasteiger partial charge on any atom is -0.390 e. The number of aliphatic hydroxyl groups excluding tert-OH is 1. The predicted octanol–water partition coefficient (Wildman–Crippen LogP) is 2.35. The van der Waals surface area contributed by atoms with Crippen molar-refractivity contribution in [3.8, 4) is 28.5 Å². The summed E-state index contributed by atoms with van der Waals surface area (Å²) in [6.45, 7) is 4.93. The van der Waals surface area contributed by atoms with Gasteiger partial charge in [-0.05, 0) is 56.8 Å². The monoisotopic (exact) mass is 467 g/mol. The molecule has 2 N–H and O–H groups in total. The van der Waals surface area contributed by atoms with Crippen LogP contribution in [-0.2, 0) is 0 Å². The largest absolute Gasteiger partial charge is 0.390 e. The number of likely N-dealkylation sites (tertiary alicyclic amines) is 1. The fourth-order valence-corrected chi connectivity index (χ4v) is 4.60. The molecule has 0 unspecified atom stereocenters. The van der Waals surface area contributed by atoms with Crippen molar-refractivity contribution in [1.82, 2.24) is 29.8 Å². The first-order valence-electron chi connectivity index (χ1n) is 11.4. The van der Waals surface area contributed by atoms with Gasteiger partial charge < -0.3 is 15.3 Å². The van der Waals surface area contributed by atoms with Gasteiger partial charge in [0.2, 0.25) is 0 Å². The van der Waals surface area contributed by atoms with Crippen LogP contribution in [-0.4, -0.2) is 67.8 Å². The number of likely N-dealkylation sites (N-methyl/N-ethyl adjacent to an activating group) is 1. The highest BCUT2D eigenvalue weighted by molar-refractivity contribution is 5.95. The van der Waals surface area contributed by atoms with Crippen molar-refractivity contribution in [2.75, 3.05) is 20.1 Å². The van der Waals surface area contributed by atoms with Crippen LogP contribution in [0.4, 0.5) is 0 Å². The van der Waals surface area contributed by atoms with Crippen LogP contribution in [0.25, 0.3) is 28.0 Å². The van der Waals surface area contributed by atoms with E-state index < -0.39 is 6.10 Å². The first-order valence-corrected chi connectivity index (χ1v) is 11.4. The summed E-state index contributed by atoms with van der Waals surface area (Å²) < 4.78 is 1.64. The van der Waals surface area contributed by atoms with Crippen molar-refractivity contribution in [2.24, 2.45) is 0 Å². The Kier molecular flexibility index (Phi) is 5.76. The molecule has 1 aliphatic heterocycles. The first kappa shape index (κ1) is 22.7. The number of aliphatic hydroxyl groups is 1. The smallest absolute Gasteiger partial charge is 0.270 e. The van der Waals surface area contributed by atoms with E-state index in [0.29, 0.717) is 30.0 Å². The highest BCUT2D eigenvalue weighted by atomic mass is 16.3. The predicted molar refractivity (Wildman–Crippen MR) is 131 cm³/mol. The molecule has 0 bridgehead atoms. The molecule has 0 aliphatic carbocycles. The summed E-state index contributed by atoms with van der Waals surface area (Å²) in [4.78, 5) is 24.2. The molecule has 35 heavy (non-hydrogen) atoms. The molecule has 0 saturated carbocycles. The lowest BCUT2D eigenvalue weighted by atomic mass is 9.99. The third-order valence-corrected chi connectivity index (χ3v) is 6.14. The average molecular weight is 468 g/mol. The molecule has 1 aromatic carbocycles. The zero-order chi connectivity index (χ0) is 24.7. The van der Waals surface area contributed by atoms with Gasteiger partial charge in [-0.15, -0.1) is 0 Å². The SMILES string of the molecule is Cc1cc(-c2c(-c3cccc(C#N)c3)nn3ccc(C(=O)N[C@@H]4CN(C)C[C@H]4O)nc23)cc(C)n1. The zero-order valence-corrected chi connectivity index (χ0v) is 19.7. The Hall–Kier alpha value is -4.13. The Morgan fingerprint density at radius 1 is 1.11 bits per heavy atom. The Morgan fingerprint density at radius 3 is 2.57 bits per heavy atom. The number of hydrogen-bond donors (Lipinski definition) is 2. The van der Waals surface area contributed by atoms with Gasteiger partial charge in [0.25, 0.3) is 5.91 Å². The summed E-state index contributed by atoms with van der Waals surface area (Å²) in [5.74, 6) is -0.353. The number of fused-ring (bicyclic) bond motifs is 1. The average Bonchev–Trinajstić information content (AvgIpc) is 3.36. The lowest BCUT2D eigenvalue weighted by Crippen LogP contribution is -2.43. The third kappa shape index (κ3) is 4.37. The van der Waals surface area contributed by atoms with Gasteiger partial charge in [0.15, 0.2) is 5.65 Å². The van der Waals surface area contributed by atoms with E-state index in [2.05, 4.69) is 16.4 Å². The van der Waals surface area contributed by atoms with E-state index in [0.717, 1.165) is 28.1 Å². The maximum absolute atomic E-state index is 13.0. The number of nitrogens with one attached hydrogen (secondary N) is 1. The van der Waals surface area contributed by atoms with Gasteiger partial charge in [0.05, 0.1) is 29.3 Å². The molecule has 2 atom stereocenters. The summed E-state index contributed by atoms with van der Waals surface area (Å²) >= 11 is 0. The van der Waals surface area contributed by atoms with Gasteiger partial charge in [-0.25, -0.2) is 9.50 Å². The zero-order valence-electron chi connectivity index (χ0n) is 19.7. The Labute approximate surface area is 202 Å². The number of carbonyl (C=O) groups excluding carboxylic acids is 1. The molecule has 1 saturated heterocycles. The Morgan fingerprint density at radius 2 is 1.89 bits per heavy atom. The molecule has 1 fully saturated rings. The van der Waals surface area contributed by atoms with Crippen molar-refractivity contribution in [1.29, 1.82) is 5.26 Å². The standard InChI is InChI=1S/C26H25N7O2/c1-15-9-19(10-16(2)28-15)23-24(18-6-4-5-17(11-18)12-27)31-33-8-7-20(29-25(23)33)26(35)30-21-13-32(3)14-22(21)34/h4-11,21-22,34H,13-14H2,1-3H3,(H,30,35)/t21-,22-/m1/s1. The van der Waals surface area contributed by atoms with Gasteiger partial charge in [-0.2, -0.15) is 10.4 Å². The lowest BCUT2D eigenvalue weighted by molar-refractivity contribution is 0.0883. The topological polar surface area (TPSA) is 119 Å². The third-order valence-electron chi connectivity index (χ3n) is 6.14. The number of amides is 1. The van der Waals surface area contributed by atoms with Gasteiger partial charge in [0, 0.05) is 36.2 Å². The quantitative estimate of drug-likeness (QED) is 0.473. The normalized spacial score (nSPS) is 18.0. The molecule has 176 valence electrons. The Balaban J connectivity index is 1.65. The van der Waals surface area contributed by atoms with Crippen LogP contribution in [0.15, 0.2) is 48.7 Å². The van der Waals surface area contributed by atoms with Gasteiger partial charge in [-0.3, -0.25) is 9.78 Å². The van der Waals surface area contributed by atoms with Crippen LogP contribution in [0.1, 0.15) is 27.4 Å². The maximum Gasteiger partial charge on any atom is 0.270 e. The maximum atomic E-state index is 13.0. The van der Waals surface area contributed by atoms with Crippen molar-refractivity contribution in [3.05, 3.63) is 71.3 Å². The van der Waals surface area contributed by atoms with Crippen LogP contribution >= 0.6 is 0 Å². The van der Waals surface area contributed by atoms with E-state index in [1.807, 2.05) is 50.1 Å². The molecule has 4 aromatic rings. The highest BCUT2D eigenvalue weighted by Gasteiger charge is 2.31. The van der Waals surface area contributed by atoms with Crippen LogP contribution in [0.3, 0.4) is 0 Å². The second kappa shape index (κ2) is 8.91. The molecular weight excluding hydrogens is 442 g/mol. The second-order valence-corrected chi connectivity index (χ2v) is 9.00. The number of rotatable bonds is 4. The lowest BCUT2D eigenvalue weighted by Gasteiger charge is -2.15. The van der Waals surface area contributed by atoms with Gasteiger partial charge >= 0.3 is 0 Å².